The number of ether oxygens (including phenoxy) is 1. The molecule has 1 aliphatic rings. The third-order valence-electron chi connectivity index (χ3n) is 3.26. The molecule has 0 saturated carbocycles. The van der Waals surface area contributed by atoms with Gasteiger partial charge in [-0.2, -0.15) is 8.42 Å². The van der Waals surface area contributed by atoms with Crippen LogP contribution in [0.25, 0.3) is 0 Å². The number of carbonyl (C=O) groups is 3. The molecule has 11 heteroatoms. The Labute approximate surface area is 159 Å². The number of hydrogen-bond acceptors (Lipinski definition) is 8. The van der Waals surface area contributed by atoms with Crippen molar-refractivity contribution in [2.24, 2.45) is 0 Å². The molecule has 0 aromatic carbocycles. The predicted molar refractivity (Wildman–Crippen MR) is 97.0 cm³/mol. The summed E-state index contributed by atoms with van der Waals surface area (Å²) in [5.41, 5.74) is -0.429. The van der Waals surface area contributed by atoms with Crippen LogP contribution in [0.4, 0.5) is 4.79 Å². The SMILES string of the molecule is CC(=O)CNC(=O)/C(NC(=O)OC(C)(C)C)=C1/CC[C@H](COS(C)(=O)=O)N1. The van der Waals surface area contributed by atoms with E-state index < -0.39 is 27.7 Å². The number of alkyl carbamates (subject to hydrolysis) is 1. The van der Waals surface area contributed by atoms with Crippen molar-refractivity contribution in [2.45, 2.75) is 52.2 Å². The van der Waals surface area contributed by atoms with Crippen LogP contribution in [0.15, 0.2) is 11.4 Å². The van der Waals surface area contributed by atoms with E-state index in [1.54, 1.807) is 20.8 Å². The molecule has 1 atom stereocenters. The van der Waals surface area contributed by atoms with Crippen molar-refractivity contribution in [3.63, 3.8) is 0 Å². The van der Waals surface area contributed by atoms with Gasteiger partial charge in [0.1, 0.15) is 17.1 Å². The van der Waals surface area contributed by atoms with E-state index in [1.807, 2.05) is 0 Å². The molecule has 3 N–H and O–H groups in total. The molecule has 0 radical (unpaired) electrons. The van der Waals surface area contributed by atoms with Crippen LogP contribution in [-0.4, -0.2) is 57.3 Å². The predicted octanol–water partition coefficient (Wildman–Crippen LogP) is 0.156. The monoisotopic (exact) mass is 405 g/mol. The summed E-state index contributed by atoms with van der Waals surface area (Å²) >= 11 is 0. The van der Waals surface area contributed by atoms with Gasteiger partial charge in [0.05, 0.1) is 25.4 Å². The molecule has 1 rings (SSSR count). The van der Waals surface area contributed by atoms with E-state index in [0.29, 0.717) is 18.5 Å². The van der Waals surface area contributed by atoms with Crippen LogP contribution < -0.4 is 16.0 Å². The Morgan fingerprint density at radius 3 is 2.41 bits per heavy atom. The highest BCUT2D eigenvalue weighted by Gasteiger charge is 2.28. The lowest BCUT2D eigenvalue weighted by molar-refractivity contribution is -0.122. The van der Waals surface area contributed by atoms with Crippen LogP contribution >= 0.6 is 0 Å². The molecule has 1 fully saturated rings. The molecule has 0 spiro atoms. The molecule has 2 amide bonds. The second-order valence-electron chi connectivity index (χ2n) is 7.23. The van der Waals surface area contributed by atoms with Gasteiger partial charge < -0.3 is 15.4 Å². The normalized spacial score (nSPS) is 19.1. The van der Waals surface area contributed by atoms with E-state index in [1.165, 1.54) is 6.92 Å². The summed E-state index contributed by atoms with van der Waals surface area (Å²) in [4.78, 5) is 35.6. The molecule has 10 nitrogen and oxygen atoms in total. The highest BCUT2D eigenvalue weighted by atomic mass is 32.2. The van der Waals surface area contributed by atoms with E-state index in [2.05, 4.69) is 16.0 Å². The van der Waals surface area contributed by atoms with Crippen LogP contribution in [0.1, 0.15) is 40.5 Å². The highest BCUT2D eigenvalue weighted by Crippen LogP contribution is 2.19. The summed E-state index contributed by atoms with van der Waals surface area (Å²) in [6.07, 6.45) is 1.02. The largest absolute Gasteiger partial charge is 0.444 e. The first-order valence-electron chi connectivity index (χ1n) is 8.38. The Morgan fingerprint density at radius 2 is 1.89 bits per heavy atom. The number of amides is 2. The van der Waals surface area contributed by atoms with Gasteiger partial charge in [0.2, 0.25) is 0 Å². The van der Waals surface area contributed by atoms with Gasteiger partial charge in [0, 0.05) is 5.70 Å². The van der Waals surface area contributed by atoms with E-state index in [9.17, 15) is 22.8 Å². The maximum atomic E-state index is 12.4. The Balaban J connectivity index is 2.92. The molecule has 1 saturated heterocycles. The minimum Gasteiger partial charge on any atom is -0.444 e. The Hall–Kier alpha value is -2.14. The Kier molecular flexibility index (Phi) is 7.78. The molecule has 154 valence electrons. The summed E-state index contributed by atoms with van der Waals surface area (Å²) in [7, 11) is -3.59. The third-order valence-corrected chi connectivity index (χ3v) is 3.82. The van der Waals surface area contributed by atoms with E-state index >= 15 is 0 Å². The Morgan fingerprint density at radius 1 is 1.26 bits per heavy atom. The topological polar surface area (TPSA) is 140 Å². The van der Waals surface area contributed by atoms with Gasteiger partial charge in [-0.1, -0.05) is 0 Å². The third kappa shape index (κ3) is 9.38. The van der Waals surface area contributed by atoms with Crippen molar-refractivity contribution in [1.29, 1.82) is 0 Å². The number of ketones is 1. The molecule has 0 aromatic rings. The fourth-order valence-corrected chi connectivity index (χ4v) is 2.62. The van der Waals surface area contributed by atoms with E-state index in [-0.39, 0.29) is 30.7 Å². The summed E-state index contributed by atoms with van der Waals surface area (Å²) in [6, 6.07) is -0.342. The number of allylic oxidation sites excluding steroid dienone is 1. The van der Waals surface area contributed by atoms with Crippen molar-refractivity contribution in [3.05, 3.63) is 11.4 Å². The molecule has 1 heterocycles. The maximum Gasteiger partial charge on any atom is 0.412 e. The molecule has 1 aliphatic heterocycles. The van der Waals surface area contributed by atoms with Gasteiger partial charge in [-0.05, 0) is 40.5 Å². The summed E-state index contributed by atoms with van der Waals surface area (Å²) < 4.78 is 32.1. The molecule has 0 aliphatic carbocycles. The summed E-state index contributed by atoms with van der Waals surface area (Å²) in [6.45, 7) is 6.08. The van der Waals surface area contributed by atoms with E-state index in [4.69, 9.17) is 8.92 Å². The number of Topliss-reactive ketones (excluding diaryl/α,β-unsaturated/α-hetero) is 1. The van der Waals surface area contributed by atoms with Gasteiger partial charge in [-0.25, -0.2) is 4.79 Å². The van der Waals surface area contributed by atoms with Gasteiger partial charge in [-0.3, -0.25) is 19.1 Å². The van der Waals surface area contributed by atoms with Crippen molar-refractivity contribution in [2.75, 3.05) is 19.4 Å². The van der Waals surface area contributed by atoms with Gasteiger partial charge in [-0.15, -0.1) is 0 Å². The molecule has 27 heavy (non-hydrogen) atoms. The first-order valence-corrected chi connectivity index (χ1v) is 10.2. The standard InChI is InChI=1S/C16H27N3O7S/c1-10(20)8-17-14(21)13(19-15(22)26-16(2,3)4)12-7-6-11(18-12)9-25-27(5,23)24/h11,18H,6-9H2,1-5H3,(H,17,21)(H,19,22)/b13-12+/t11-/m1/s1. The summed E-state index contributed by atoms with van der Waals surface area (Å²) in [5.74, 6) is -0.896. The lowest BCUT2D eigenvalue weighted by Crippen LogP contribution is -2.41. The molecular formula is C16H27N3O7S. The fourth-order valence-electron chi connectivity index (χ4n) is 2.21. The first-order chi connectivity index (χ1) is 12.3. The van der Waals surface area contributed by atoms with Crippen LogP contribution in [0.3, 0.4) is 0 Å². The molecule has 0 unspecified atom stereocenters. The second-order valence-corrected chi connectivity index (χ2v) is 8.88. The number of carbonyl (C=O) groups excluding carboxylic acids is 3. The molecule has 0 aromatic heterocycles. The van der Waals surface area contributed by atoms with E-state index in [0.717, 1.165) is 6.26 Å². The lowest BCUT2D eigenvalue weighted by atomic mass is 10.2. The minimum atomic E-state index is -3.59. The highest BCUT2D eigenvalue weighted by molar-refractivity contribution is 7.85. The number of rotatable bonds is 7. The number of hydrogen-bond donors (Lipinski definition) is 3. The summed E-state index contributed by atoms with van der Waals surface area (Å²) in [5, 5.41) is 7.79. The van der Waals surface area contributed by atoms with Crippen LogP contribution in [-0.2, 0) is 28.6 Å². The Bertz CT molecular complexity index is 723. The first kappa shape index (κ1) is 22.9. The zero-order valence-electron chi connectivity index (χ0n) is 16.2. The van der Waals surface area contributed by atoms with Crippen molar-refractivity contribution in [3.8, 4) is 0 Å². The average molecular weight is 405 g/mol. The fraction of sp³-hybridized carbons (Fsp3) is 0.688. The smallest absolute Gasteiger partial charge is 0.412 e. The van der Waals surface area contributed by atoms with Crippen LogP contribution in [0.5, 0.6) is 0 Å². The van der Waals surface area contributed by atoms with Crippen molar-refractivity contribution in [1.82, 2.24) is 16.0 Å². The zero-order valence-corrected chi connectivity index (χ0v) is 17.0. The van der Waals surface area contributed by atoms with Gasteiger partial charge in [0.15, 0.2) is 0 Å². The van der Waals surface area contributed by atoms with Crippen LogP contribution in [0, 0.1) is 0 Å². The van der Waals surface area contributed by atoms with Crippen LogP contribution in [0.2, 0.25) is 0 Å². The average Bonchev–Trinajstić information content (AvgIpc) is 2.94. The van der Waals surface area contributed by atoms with Gasteiger partial charge in [0.25, 0.3) is 16.0 Å². The number of nitrogens with one attached hydrogen (secondary N) is 3. The maximum absolute atomic E-state index is 12.4. The molecule has 0 bridgehead atoms. The zero-order chi connectivity index (χ0) is 20.8. The lowest BCUT2D eigenvalue weighted by Gasteiger charge is -2.21. The van der Waals surface area contributed by atoms with Gasteiger partial charge >= 0.3 is 6.09 Å². The van der Waals surface area contributed by atoms with Crippen molar-refractivity contribution >= 4 is 27.9 Å². The second kappa shape index (κ2) is 9.18. The minimum absolute atomic E-state index is 0.0765. The van der Waals surface area contributed by atoms with Crippen molar-refractivity contribution < 1.29 is 31.7 Å². The molecular weight excluding hydrogens is 378 g/mol. The quantitative estimate of drug-likeness (QED) is 0.402.